The lowest BCUT2D eigenvalue weighted by atomic mass is 10.1. The first-order chi connectivity index (χ1) is 12.7. The third kappa shape index (κ3) is 4.36. The Morgan fingerprint density at radius 1 is 1.04 bits per heavy atom. The number of carbonyl (C=O) groups is 1. The van der Waals surface area contributed by atoms with Gasteiger partial charge in [0.2, 0.25) is 5.91 Å². The van der Waals surface area contributed by atoms with Crippen LogP contribution in [0, 0.1) is 6.92 Å². The van der Waals surface area contributed by atoms with Gasteiger partial charge in [-0.2, -0.15) is 0 Å². The Balaban J connectivity index is 1.70. The van der Waals surface area contributed by atoms with Gasteiger partial charge in [-0.3, -0.25) is 4.79 Å². The molecule has 0 radical (unpaired) electrons. The zero-order chi connectivity index (χ0) is 18.4. The number of amides is 1. The highest BCUT2D eigenvalue weighted by Gasteiger charge is 2.21. The topological polar surface area (TPSA) is 49.3 Å². The van der Waals surface area contributed by atoms with Gasteiger partial charge in [0.05, 0.1) is 5.69 Å². The maximum atomic E-state index is 12.2. The molecule has 0 spiro atoms. The standard InChI is InChI=1S/C21H24N4O/c1-3-4-6-11-21(26)25-14-12-24(13-15-25)20-16-19(22-17(2)23-20)18-9-7-5-8-10-18/h3-11,16H,12-15H2,1-2H3/b4-3+,11-6+. The third-order valence-corrected chi connectivity index (χ3v) is 4.35. The number of hydrogen-bond donors (Lipinski definition) is 0. The molecule has 1 saturated heterocycles. The van der Waals surface area contributed by atoms with E-state index in [1.807, 2.05) is 55.2 Å². The maximum Gasteiger partial charge on any atom is 0.246 e. The zero-order valence-corrected chi connectivity index (χ0v) is 15.3. The molecular formula is C21H24N4O. The van der Waals surface area contributed by atoms with Crippen LogP contribution < -0.4 is 4.90 Å². The molecule has 1 amide bonds. The second-order valence-corrected chi connectivity index (χ2v) is 6.22. The molecule has 5 heteroatoms. The monoisotopic (exact) mass is 348 g/mol. The normalized spacial score (nSPS) is 15.2. The molecule has 0 N–H and O–H groups in total. The largest absolute Gasteiger partial charge is 0.353 e. The van der Waals surface area contributed by atoms with Crippen LogP contribution in [0.1, 0.15) is 12.7 Å². The van der Waals surface area contributed by atoms with Crippen molar-refractivity contribution in [1.82, 2.24) is 14.9 Å². The molecule has 5 nitrogen and oxygen atoms in total. The molecule has 26 heavy (non-hydrogen) atoms. The lowest BCUT2D eigenvalue weighted by Gasteiger charge is -2.35. The van der Waals surface area contributed by atoms with E-state index < -0.39 is 0 Å². The molecule has 1 fully saturated rings. The SMILES string of the molecule is C/C=C/C=C/C(=O)N1CCN(c2cc(-c3ccccc3)nc(C)n2)CC1. The van der Waals surface area contributed by atoms with E-state index in [0.717, 1.165) is 36.0 Å². The number of aryl methyl sites for hydroxylation is 1. The van der Waals surface area contributed by atoms with Crippen LogP contribution in [-0.4, -0.2) is 47.0 Å². The number of benzene rings is 1. The van der Waals surface area contributed by atoms with Gasteiger partial charge in [0.1, 0.15) is 11.6 Å². The molecular weight excluding hydrogens is 324 g/mol. The number of allylic oxidation sites excluding steroid dienone is 3. The molecule has 3 rings (SSSR count). The van der Waals surface area contributed by atoms with Crippen molar-refractivity contribution in [2.24, 2.45) is 0 Å². The van der Waals surface area contributed by atoms with E-state index in [1.165, 1.54) is 0 Å². The molecule has 134 valence electrons. The quantitative estimate of drug-likeness (QED) is 0.629. The fraction of sp³-hybridized carbons (Fsp3) is 0.286. The average Bonchev–Trinajstić information content (AvgIpc) is 2.68. The van der Waals surface area contributed by atoms with Crippen molar-refractivity contribution in [1.29, 1.82) is 0 Å². The van der Waals surface area contributed by atoms with Gasteiger partial charge in [-0.05, 0) is 13.8 Å². The summed E-state index contributed by atoms with van der Waals surface area (Å²) in [6.07, 6.45) is 7.18. The highest BCUT2D eigenvalue weighted by atomic mass is 16.2. The summed E-state index contributed by atoms with van der Waals surface area (Å²) >= 11 is 0. The van der Waals surface area contributed by atoms with Crippen molar-refractivity contribution >= 4 is 11.7 Å². The van der Waals surface area contributed by atoms with Gasteiger partial charge in [-0.1, -0.05) is 48.6 Å². The first-order valence-corrected chi connectivity index (χ1v) is 8.91. The minimum atomic E-state index is 0.0617. The second-order valence-electron chi connectivity index (χ2n) is 6.22. The smallest absolute Gasteiger partial charge is 0.246 e. The highest BCUT2D eigenvalue weighted by Crippen LogP contribution is 2.22. The van der Waals surface area contributed by atoms with E-state index in [1.54, 1.807) is 12.2 Å². The van der Waals surface area contributed by atoms with E-state index in [-0.39, 0.29) is 5.91 Å². The fourth-order valence-electron chi connectivity index (χ4n) is 2.98. The van der Waals surface area contributed by atoms with Gasteiger partial charge < -0.3 is 9.80 Å². The molecule has 0 saturated carbocycles. The summed E-state index contributed by atoms with van der Waals surface area (Å²) in [6.45, 7) is 6.79. The maximum absolute atomic E-state index is 12.2. The van der Waals surface area contributed by atoms with Crippen molar-refractivity contribution in [3.63, 3.8) is 0 Å². The van der Waals surface area contributed by atoms with E-state index >= 15 is 0 Å². The van der Waals surface area contributed by atoms with Gasteiger partial charge in [-0.25, -0.2) is 9.97 Å². The van der Waals surface area contributed by atoms with Crippen LogP contribution >= 0.6 is 0 Å². The summed E-state index contributed by atoms with van der Waals surface area (Å²) in [5, 5.41) is 0. The third-order valence-electron chi connectivity index (χ3n) is 4.35. The van der Waals surface area contributed by atoms with Gasteiger partial charge >= 0.3 is 0 Å². The zero-order valence-electron chi connectivity index (χ0n) is 15.3. The Labute approximate surface area is 154 Å². The summed E-state index contributed by atoms with van der Waals surface area (Å²) in [7, 11) is 0. The Morgan fingerprint density at radius 2 is 1.77 bits per heavy atom. The summed E-state index contributed by atoms with van der Waals surface area (Å²) < 4.78 is 0. The van der Waals surface area contributed by atoms with Crippen molar-refractivity contribution in [3.8, 4) is 11.3 Å². The van der Waals surface area contributed by atoms with Crippen LogP contribution in [0.25, 0.3) is 11.3 Å². The average molecular weight is 348 g/mol. The number of rotatable bonds is 4. The molecule has 0 atom stereocenters. The predicted octanol–water partition coefficient (Wildman–Crippen LogP) is 3.23. The van der Waals surface area contributed by atoms with Crippen LogP contribution in [0.2, 0.25) is 0 Å². The fourth-order valence-corrected chi connectivity index (χ4v) is 2.98. The number of piperazine rings is 1. The Hall–Kier alpha value is -2.95. The van der Waals surface area contributed by atoms with Crippen molar-refractivity contribution < 1.29 is 4.79 Å². The summed E-state index contributed by atoms with van der Waals surface area (Å²) in [6, 6.07) is 12.2. The van der Waals surface area contributed by atoms with Crippen molar-refractivity contribution in [3.05, 3.63) is 66.5 Å². The van der Waals surface area contributed by atoms with E-state index in [9.17, 15) is 4.79 Å². The number of aromatic nitrogens is 2. The second kappa shape index (κ2) is 8.43. The molecule has 1 aliphatic heterocycles. The molecule has 0 aliphatic carbocycles. The van der Waals surface area contributed by atoms with Gasteiger partial charge in [-0.15, -0.1) is 0 Å². The van der Waals surface area contributed by atoms with Crippen molar-refractivity contribution in [2.45, 2.75) is 13.8 Å². The van der Waals surface area contributed by atoms with Gasteiger partial charge in [0, 0.05) is 43.9 Å². The molecule has 2 heterocycles. The summed E-state index contributed by atoms with van der Waals surface area (Å²) in [4.78, 5) is 25.4. The van der Waals surface area contributed by atoms with E-state index in [0.29, 0.717) is 13.1 Å². The summed E-state index contributed by atoms with van der Waals surface area (Å²) in [5.41, 5.74) is 2.02. The molecule has 1 aliphatic rings. The lowest BCUT2D eigenvalue weighted by molar-refractivity contribution is -0.126. The number of nitrogens with zero attached hydrogens (tertiary/aromatic N) is 4. The first-order valence-electron chi connectivity index (χ1n) is 8.91. The molecule has 1 aromatic carbocycles. The van der Waals surface area contributed by atoms with Crippen LogP contribution in [0.3, 0.4) is 0 Å². The van der Waals surface area contributed by atoms with Crippen LogP contribution in [0.15, 0.2) is 60.7 Å². The predicted molar refractivity (Wildman–Crippen MR) is 105 cm³/mol. The van der Waals surface area contributed by atoms with Gasteiger partial charge in [0.15, 0.2) is 0 Å². The van der Waals surface area contributed by atoms with E-state index in [2.05, 4.69) is 27.0 Å². The van der Waals surface area contributed by atoms with Gasteiger partial charge in [0.25, 0.3) is 0 Å². The number of hydrogen-bond acceptors (Lipinski definition) is 4. The first kappa shape index (κ1) is 17.9. The minimum Gasteiger partial charge on any atom is -0.353 e. The Morgan fingerprint density at radius 3 is 2.46 bits per heavy atom. The number of carbonyl (C=O) groups excluding carboxylic acids is 1. The van der Waals surface area contributed by atoms with Crippen LogP contribution in [0.5, 0.6) is 0 Å². The Bertz CT molecular complexity index is 806. The van der Waals surface area contributed by atoms with Crippen LogP contribution in [-0.2, 0) is 4.79 Å². The lowest BCUT2D eigenvalue weighted by Crippen LogP contribution is -2.48. The number of anilines is 1. The molecule has 0 bridgehead atoms. The molecule has 2 aromatic rings. The van der Waals surface area contributed by atoms with E-state index in [4.69, 9.17) is 0 Å². The summed E-state index contributed by atoms with van der Waals surface area (Å²) in [5.74, 6) is 1.74. The molecule has 1 aromatic heterocycles. The Kier molecular flexibility index (Phi) is 5.79. The minimum absolute atomic E-state index is 0.0617. The molecule has 0 unspecified atom stereocenters. The van der Waals surface area contributed by atoms with Crippen molar-refractivity contribution in [2.75, 3.05) is 31.1 Å². The highest BCUT2D eigenvalue weighted by molar-refractivity contribution is 5.88. The van der Waals surface area contributed by atoms with Crippen LogP contribution in [0.4, 0.5) is 5.82 Å².